The summed E-state index contributed by atoms with van der Waals surface area (Å²) in [6.07, 6.45) is -0.420. The Hall–Kier alpha value is -1.46. The molecule has 0 spiro atoms. The van der Waals surface area contributed by atoms with Gasteiger partial charge >= 0.3 is 0 Å². The van der Waals surface area contributed by atoms with Crippen molar-refractivity contribution in [2.24, 2.45) is 0 Å². The number of nitrogens with two attached hydrogens (primary N) is 1. The molecule has 2 saturated heterocycles. The van der Waals surface area contributed by atoms with Crippen LogP contribution in [0.1, 0.15) is 45.1 Å². The number of nitrogens with one attached hydrogen (secondary N) is 2. The summed E-state index contributed by atoms with van der Waals surface area (Å²) in [4.78, 5) is 19.1. The molecule has 2 aliphatic rings. The zero-order valence-electron chi connectivity index (χ0n) is 17.7. The molecule has 9 nitrogen and oxygen atoms in total. The largest absolute Gasteiger partial charge is 0.414 e. The Bertz CT molecular complexity index is 730. The molecule has 0 saturated carbocycles. The summed E-state index contributed by atoms with van der Waals surface area (Å²) in [7, 11) is -1.95. The fourth-order valence-corrected chi connectivity index (χ4v) is 4.14. The number of ether oxygens (including phenoxy) is 3. The van der Waals surface area contributed by atoms with Gasteiger partial charge in [0.1, 0.15) is 24.1 Å². The average Bonchev–Trinajstić information content (AvgIpc) is 3.19. The van der Waals surface area contributed by atoms with E-state index in [2.05, 4.69) is 49.1 Å². The van der Waals surface area contributed by atoms with Crippen LogP contribution < -0.4 is 11.1 Å². The van der Waals surface area contributed by atoms with E-state index in [1.807, 2.05) is 13.8 Å². The van der Waals surface area contributed by atoms with Crippen LogP contribution in [-0.2, 0) is 18.6 Å². The van der Waals surface area contributed by atoms with Crippen LogP contribution in [0.3, 0.4) is 0 Å². The number of carbonyl (C=O) groups excluding carboxylic acids is 1. The minimum Gasteiger partial charge on any atom is -0.414 e. The normalized spacial score (nSPS) is 29.7. The molecule has 4 N–H and O–H groups in total. The molecule has 0 radical (unpaired) electrons. The molecular weight excluding hydrogens is 380 g/mol. The molecule has 2 fully saturated rings. The summed E-state index contributed by atoms with van der Waals surface area (Å²) in [5.41, 5.74) is 5.86. The van der Waals surface area contributed by atoms with Gasteiger partial charge in [0.15, 0.2) is 26.0 Å². The SMILES string of the molecule is CC1(C)O[C@@H]2[C@H](O1)[C@@H](NC(=O)c1nc[nH]c1N)O[C@H]2CO[Si](C)(C)C(C)(C)C. The molecule has 28 heavy (non-hydrogen) atoms. The summed E-state index contributed by atoms with van der Waals surface area (Å²) in [6.45, 7) is 15.0. The van der Waals surface area contributed by atoms with Crippen LogP contribution in [0.2, 0.25) is 18.1 Å². The lowest BCUT2D eigenvalue weighted by Crippen LogP contribution is -2.44. The maximum Gasteiger partial charge on any atom is 0.275 e. The highest BCUT2D eigenvalue weighted by molar-refractivity contribution is 6.74. The number of hydrogen-bond donors (Lipinski definition) is 3. The Morgan fingerprint density at radius 2 is 2.00 bits per heavy atom. The first-order chi connectivity index (χ1) is 12.8. The summed E-state index contributed by atoms with van der Waals surface area (Å²) in [5, 5.41) is 2.90. The van der Waals surface area contributed by atoms with Crippen LogP contribution in [0, 0.1) is 0 Å². The van der Waals surface area contributed by atoms with Crippen molar-refractivity contribution in [3.63, 3.8) is 0 Å². The number of rotatable bonds is 5. The Balaban J connectivity index is 1.71. The van der Waals surface area contributed by atoms with Gasteiger partial charge in [0.05, 0.1) is 12.9 Å². The van der Waals surface area contributed by atoms with Crippen molar-refractivity contribution in [3.8, 4) is 0 Å². The molecule has 0 aliphatic carbocycles. The molecule has 1 amide bonds. The first kappa shape index (κ1) is 21.3. The van der Waals surface area contributed by atoms with Crippen molar-refractivity contribution in [1.29, 1.82) is 0 Å². The Morgan fingerprint density at radius 1 is 1.36 bits per heavy atom. The van der Waals surface area contributed by atoms with Crippen LogP contribution in [-0.4, -0.2) is 61.1 Å². The lowest BCUT2D eigenvalue weighted by molar-refractivity contribution is -0.191. The Labute approximate surface area is 166 Å². The van der Waals surface area contributed by atoms with Gasteiger partial charge < -0.3 is 34.7 Å². The highest BCUT2D eigenvalue weighted by Gasteiger charge is 2.56. The number of aromatic amines is 1. The summed E-state index contributed by atoms with van der Waals surface area (Å²) in [6, 6.07) is 0. The molecule has 1 aromatic heterocycles. The molecule has 4 atom stereocenters. The number of carbonyl (C=O) groups is 1. The molecule has 0 unspecified atom stereocenters. The molecule has 3 rings (SSSR count). The molecular formula is C18H32N4O5Si. The maximum absolute atomic E-state index is 12.5. The second-order valence-corrected chi connectivity index (χ2v) is 14.2. The van der Waals surface area contributed by atoms with Gasteiger partial charge in [-0.2, -0.15) is 0 Å². The number of amides is 1. The highest BCUT2D eigenvalue weighted by Crippen LogP contribution is 2.40. The van der Waals surface area contributed by atoms with Crippen molar-refractivity contribution in [2.75, 3.05) is 12.3 Å². The first-order valence-electron chi connectivity index (χ1n) is 9.55. The fourth-order valence-electron chi connectivity index (χ4n) is 3.12. The molecule has 2 aliphatic heterocycles. The molecule has 0 aromatic carbocycles. The van der Waals surface area contributed by atoms with Gasteiger partial charge in [0.25, 0.3) is 5.91 Å². The number of aromatic nitrogens is 2. The zero-order valence-corrected chi connectivity index (χ0v) is 18.7. The van der Waals surface area contributed by atoms with E-state index in [9.17, 15) is 4.79 Å². The minimum atomic E-state index is -1.95. The highest BCUT2D eigenvalue weighted by atomic mass is 28.4. The molecule has 3 heterocycles. The van der Waals surface area contributed by atoms with E-state index in [1.54, 1.807) is 0 Å². The third-order valence-electron chi connectivity index (χ3n) is 5.72. The second-order valence-electron chi connectivity index (χ2n) is 9.37. The maximum atomic E-state index is 12.5. The number of fused-ring (bicyclic) bond motifs is 1. The van der Waals surface area contributed by atoms with Crippen LogP contribution in [0.4, 0.5) is 5.82 Å². The van der Waals surface area contributed by atoms with E-state index in [0.29, 0.717) is 6.61 Å². The second kappa shape index (κ2) is 7.10. The van der Waals surface area contributed by atoms with Gasteiger partial charge in [-0.05, 0) is 32.0 Å². The van der Waals surface area contributed by atoms with Gasteiger partial charge in [-0.3, -0.25) is 4.79 Å². The number of anilines is 1. The third kappa shape index (κ3) is 4.11. The van der Waals surface area contributed by atoms with Gasteiger partial charge in [0.2, 0.25) is 0 Å². The molecule has 0 bridgehead atoms. The molecule has 10 heteroatoms. The number of hydrogen-bond acceptors (Lipinski definition) is 7. The van der Waals surface area contributed by atoms with Gasteiger partial charge in [-0.25, -0.2) is 4.98 Å². The number of nitrogen functional groups attached to an aromatic ring is 1. The van der Waals surface area contributed by atoms with E-state index in [0.717, 1.165) is 0 Å². The van der Waals surface area contributed by atoms with Gasteiger partial charge in [0, 0.05) is 0 Å². The van der Waals surface area contributed by atoms with Gasteiger partial charge in [-0.15, -0.1) is 0 Å². The van der Waals surface area contributed by atoms with E-state index in [4.69, 9.17) is 24.4 Å². The van der Waals surface area contributed by atoms with E-state index >= 15 is 0 Å². The summed E-state index contributed by atoms with van der Waals surface area (Å²) in [5.74, 6) is -0.988. The Morgan fingerprint density at radius 3 is 2.57 bits per heavy atom. The average molecular weight is 413 g/mol. The van der Waals surface area contributed by atoms with Crippen LogP contribution in [0.25, 0.3) is 0 Å². The smallest absolute Gasteiger partial charge is 0.275 e. The van der Waals surface area contributed by atoms with Crippen LogP contribution >= 0.6 is 0 Å². The minimum absolute atomic E-state index is 0.0857. The monoisotopic (exact) mass is 412 g/mol. The number of H-pyrrole nitrogens is 1. The third-order valence-corrected chi connectivity index (χ3v) is 10.2. The first-order valence-corrected chi connectivity index (χ1v) is 12.5. The number of nitrogens with zero attached hydrogens (tertiary/aromatic N) is 1. The van der Waals surface area contributed by atoms with Crippen molar-refractivity contribution < 1.29 is 23.4 Å². The lowest BCUT2D eigenvalue weighted by atomic mass is 10.1. The van der Waals surface area contributed by atoms with Crippen molar-refractivity contribution in [2.45, 2.75) is 83.1 Å². The van der Waals surface area contributed by atoms with Gasteiger partial charge in [-0.1, -0.05) is 20.8 Å². The molecule has 158 valence electrons. The van der Waals surface area contributed by atoms with Crippen LogP contribution in [0.15, 0.2) is 6.33 Å². The van der Waals surface area contributed by atoms with Crippen molar-refractivity contribution in [3.05, 3.63) is 12.0 Å². The predicted octanol–water partition coefficient (Wildman–Crippen LogP) is 1.99. The summed E-state index contributed by atoms with van der Waals surface area (Å²) < 4.78 is 24.5. The van der Waals surface area contributed by atoms with E-state index in [1.165, 1.54) is 6.33 Å². The summed E-state index contributed by atoms with van der Waals surface area (Å²) >= 11 is 0. The standard InChI is InChI=1S/C18H32N4O5Si/c1-17(2,3)28(6,7)24-8-10-12-13(27-18(4,5)26-12)16(25-10)22-15(23)11-14(19)21-9-20-11/h9-10,12-13,16H,8,19H2,1-7H3,(H,20,21)(H,22,23)/t10-,12-,13-,16-/m0/s1. The van der Waals surface area contributed by atoms with E-state index < -0.39 is 32.3 Å². The van der Waals surface area contributed by atoms with Crippen molar-refractivity contribution >= 4 is 20.0 Å². The lowest BCUT2D eigenvalue weighted by Gasteiger charge is -2.37. The van der Waals surface area contributed by atoms with Crippen LogP contribution in [0.5, 0.6) is 0 Å². The zero-order chi connectivity index (χ0) is 20.9. The number of imidazole rings is 1. The fraction of sp³-hybridized carbons (Fsp3) is 0.778. The topological polar surface area (TPSA) is 121 Å². The van der Waals surface area contributed by atoms with E-state index in [-0.39, 0.29) is 28.8 Å². The predicted molar refractivity (Wildman–Crippen MR) is 106 cm³/mol. The quantitative estimate of drug-likeness (QED) is 0.632. The molecule has 1 aromatic rings. The Kier molecular flexibility index (Phi) is 5.39. The van der Waals surface area contributed by atoms with Crippen molar-refractivity contribution in [1.82, 2.24) is 15.3 Å².